The van der Waals surface area contributed by atoms with Gasteiger partial charge in [-0.15, -0.1) is 0 Å². The molecule has 0 aliphatic heterocycles. The van der Waals surface area contributed by atoms with Gasteiger partial charge in [-0.2, -0.15) is 0 Å². The fraction of sp³-hybridized carbons (Fsp3) is 0.389. The summed E-state index contributed by atoms with van der Waals surface area (Å²) in [6.07, 6.45) is 5.08. The molecule has 1 aliphatic rings. The van der Waals surface area contributed by atoms with Crippen LogP contribution in [0.5, 0.6) is 0 Å². The van der Waals surface area contributed by atoms with Gasteiger partial charge < -0.3 is 0 Å². The molecule has 1 aliphatic carbocycles. The van der Waals surface area contributed by atoms with Gasteiger partial charge in [-0.25, -0.2) is 0 Å². The first-order chi connectivity index (χ1) is 10.2. The van der Waals surface area contributed by atoms with Crippen molar-refractivity contribution in [3.8, 4) is 0 Å². The van der Waals surface area contributed by atoms with E-state index in [1.54, 1.807) is 0 Å². The van der Waals surface area contributed by atoms with Gasteiger partial charge in [0.25, 0.3) is 0 Å². The zero-order valence-electron chi connectivity index (χ0n) is 12.8. The lowest BCUT2D eigenvalue weighted by atomic mass is 9.91. The first kappa shape index (κ1) is 14.2. The van der Waals surface area contributed by atoms with Crippen LogP contribution in [-0.2, 0) is 12.8 Å². The molecule has 0 radical (unpaired) electrons. The Morgan fingerprint density at radius 3 is 2.76 bits per heavy atom. The minimum Gasteiger partial charge on any atom is -0.271 e. The highest BCUT2D eigenvalue weighted by Crippen LogP contribution is 2.34. The Bertz CT molecular complexity index is 616. The first-order valence-electron chi connectivity index (χ1n) is 7.64. The zero-order chi connectivity index (χ0) is 14.8. The summed E-state index contributed by atoms with van der Waals surface area (Å²) in [4.78, 5) is 4.59. The van der Waals surface area contributed by atoms with Gasteiger partial charge in [0.2, 0.25) is 0 Å². The standard InChI is InChI=1S/C18H23N3/c1-12-8-13(2)10-14(9-12)11-17(21-19)16-6-5-15-4-3-7-20-18(15)16/h3-4,7-10,16-17,21H,5-6,11,19H2,1-2H3. The van der Waals surface area contributed by atoms with Crippen LogP contribution in [0.25, 0.3) is 0 Å². The van der Waals surface area contributed by atoms with Gasteiger partial charge in [0.05, 0.1) is 0 Å². The Morgan fingerprint density at radius 2 is 2.05 bits per heavy atom. The third kappa shape index (κ3) is 2.99. The lowest BCUT2D eigenvalue weighted by Gasteiger charge is -2.23. The third-order valence-electron chi connectivity index (χ3n) is 4.44. The molecule has 2 unspecified atom stereocenters. The summed E-state index contributed by atoms with van der Waals surface area (Å²) >= 11 is 0. The number of nitrogens with two attached hydrogens (primary N) is 1. The quantitative estimate of drug-likeness (QED) is 0.669. The van der Waals surface area contributed by atoms with E-state index in [0.717, 1.165) is 19.3 Å². The summed E-state index contributed by atoms with van der Waals surface area (Å²) in [5, 5.41) is 0. The van der Waals surface area contributed by atoms with Gasteiger partial charge >= 0.3 is 0 Å². The maximum absolute atomic E-state index is 5.86. The van der Waals surface area contributed by atoms with Gasteiger partial charge in [0.1, 0.15) is 0 Å². The Balaban J connectivity index is 1.83. The molecular weight excluding hydrogens is 258 g/mol. The van der Waals surface area contributed by atoms with Crippen molar-refractivity contribution in [2.75, 3.05) is 0 Å². The van der Waals surface area contributed by atoms with Crippen LogP contribution in [-0.4, -0.2) is 11.0 Å². The van der Waals surface area contributed by atoms with Crippen LogP contribution in [0.1, 0.15) is 40.3 Å². The molecule has 0 fully saturated rings. The molecule has 0 saturated carbocycles. The summed E-state index contributed by atoms with van der Waals surface area (Å²) in [6, 6.07) is 11.2. The van der Waals surface area contributed by atoms with Crippen molar-refractivity contribution >= 4 is 0 Å². The number of hydrazine groups is 1. The second kappa shape index (κ2) is 5.96. The van der Waals surface area contributed by atoms with Crippen LogP contribution in [0, 0.1) is 13.8 Å². The fourth-order valence-corrected chi connectivity index (χ4v) is 3.59. The molecule has 1 aromatic heterocycles. The molecule has 2 aromatic rings. The van der Waals surface area contributed by atoms with Crippen LogP contribution >= 0.6 is 0 Å². The Morgan fingerprint density at radius 1 is 1.29 bits per heavy atom. The van der Waals surface area contributed by atoms with E-state index in [2.05, 4.69) is 48.5 Å². The van der Waals surface area contributed by atoms with Crippen LogP contribution in [0.3, 0.4) is 0 Å². The molecule has 3 N–H and O–H groups in total. The number of fused-ring (bicyclic) bond motifs is 1. The van der Waals surface area contributed by atoms with Crippen molar-refractivity contribution in [3.05, 3.63) is 64.5 Å². The van der Waals surface area contributed by atoms with Gasteiger partial charge in [-0.1, -0.05) is 35.4 Å². The molecule has 110 valence electrons. The second-order valence-corrected chi connectivity index (χ2v) is 6.17. The molecule has 3 rings (SSSR count). The van der Waals surface area contributed by atoms with Crippen LogP contribution in [0.2, 0.25) is 0 Å². The molecule has 3 heteroatoms. The van der Waals surface area contributed by atoms with E-state index in [1.807, 2.05) is 12.3 Å². The maximum Gasteiger partial charge on any atom is 0.0482 e. The number of hydrogen-bond acceptors (Lipinski definition) is 3. The van der Waals surface area contributed by atoms with Gasteiger partial charge in [0.15, 0.2) is 0 Å². The average Bonchev–Trinajstić information content (AvgIpc) is 2.87. The minimum absolute atomic E-state index is 0.238. The molecular formula is C18H23N3. The predicted molar refractivity (Wildman–Crippen MR) is 86.0 cm³/mol. The number of pyridine rings is 1. The topological polar surface area (TPSA) is 50.9 Å². The van der Waals surface area contributed by atoms with Crippen molar-refractivity contribution in [1.82, 2.24) is 10.4 Å². The molecule has 0 amide bonds. The first-order valence-corrected chi connectivity index (χ1v) is 7.64. The molecule has 21 heavy (non-hydrogen) atoms. The van der Waals surface area contributed by atoms with Crippen molar-refractivity contribution in [1.29, 1.82) is 0 Å². The van der Waals surface area contributed by atoms with E-state index in [4.69, 9.17) is 5.84 Å². The van der Waals surface area contributed by atoms with Gasteiger partial charge in [-0.3, -0.25) is 16.3 Å². The van der Waals surface area contributed by atoms with Crippen molar-refractivity contribution < 1.29 is 0 Å². The lowest BCUT2D eigenvalue weighted by molar-refractivity contribution is 0.429. The maximum atomic E-state index is 5.86. The number of rotatable bonds is 4. The monoisotopic (exact) mass is 281 g/mol. The Kier molecular flexibility index (Phi) is 4.04. The van der Waals surface area contributed by atoms with Gasteiger partial charge in [-0.05, 0) is 50.3 Å². The van der Waals surface area contributed by atoms with Crippen molar-refractivity contribution in [2.45, 2.75) is 45.1 Å². The zero-order valence-corrected chi connectivity index (χ0v) is 12.8. The largest absolute Gasteiger partial charge is 0.271 e. The van der Waals surface area contributed by atoms with E-state index >= 15 is 0 Å². The summed E-state index contributed by atoms with van der Waals surface area (Å²) < 4.78 is 0. The SMILES string of the molecule is Cc1cc(C)cc(CC(NN)C2CCc3cccnc32)c1. The molecule has 3 nitrogen and oxygen atoms in total. The van der Waals surface area contributed by atoms with E-state index in [-0.39, 0.29) is 6.04 Å². The third-order valence-corrected chi connectivity index (χ3v) is 4.44. The van der Waals surface area contributed by atoms with Gasteiger partial charge in [0, 0.05) is 23.9 Å². The van der Waals surface area contributed by atoms with E-state index < -0.39 is 0 Å². The number of nitrogens with zero attached hydrogens (tertiary/aromatic N) is 1. The number of hydrogen-bond donors (Lipinski definition) is 2. The summed E-state index contributed by atoms with van der Waals surface area (Å²) in [6.45, 7) is 4.29. The average molecular weight is 281 g/mol. The van der Waals surface area contributed by atoms with Crippen molar-refractivity contribution in [3.63, 3.8) is 0 Å². The summed E-state index contributed by atoms with van der Waals surface area (Å²) in [5.74, 6) is 6.27. The molecule has 0 spiro atoms. The summed E-state index contributed by atoms with van der Waals surface area (Å²) in [5.41, 5.74) is 9.61. The number of aromatic nitrogens is 1. The molecule has 1 heterocycles. The highest BCUT2D eigenvalue weighted by atomic mass is 15.2. The van der Waals surface area contributed by atoms with E-state index in [9.17, 15) is 0 Å². The number of nitrogens with one attached hydrogen (secondary N) is 1. The fourth-order valence-electron chi connectivity index (χ4n) is 3.59. The smallest absolute Gasteiger partial charge is 0.0482 e. The highest BCUT2D eigenvalue weighted by Gasteiger charge is 2.30. The lowest BCUT2D eigenvalue weighted by Crippen LogP contribution is -2.41. The van der Waals surface area contributed by atoms with Crippen LogP contribution < -0.4 is 11.3 Å². The van der Waals surface area contributed by atoms with Crippen molar-refractivity contribution in [2.24, 2.45) is 5.84 Å². The Labute approximate surface area is 126 Å². The Hall–Kier alpha value is -1.71. The number of aryl methyl sites for hydroxylation is 3. The molecule has 0 bridgehead atoms. The molecule has 1 aromatic carbocycles. The molecule has 0 saturated heterocycles. The highest BCUT2D eigenvalue weighted by molar-refractivity contribution is 5.33. The molecule has 2 atom stereocenters. The normalized spacial score (nSPS) is 18.5. The van der Waals surface area contributed by atoms with E-state index in [1.165, 1.54) is 27.9 Å². The van der Waals surface area contributed by atoms with E-state index in [0.29, 0.717) is 5.92 Å². The number of benzene rings is 1. The van der Waals surface area contributed by atoms with Crippen LogP contribution in [0.15, 0.2) is 36.5 Å². The second-order valence-electron chi connectivity index (χ2n) is 6.17. The van der Waals surface area contributed by atoms with Crippen LogP contribution in [0.4, 0.5) is 0 Å². The summed E-state index contributed by atoms with van der Waals surface area (Å²) in [7, 11) is 0. The predicted octanol–water partition coefficient (Wildman–Crippen LogP) is 2.80. The minimum atomic E-state index is 0.238.